The highest BCUT2D eigenvalue weighted by atomic mass is 35.5. The molecule has 1 heterocycles. The van der Waals surface area contributed by atoms with Crippen molar-refractivity contribution in [3.05, 3.63) is 82.6 Å². The molecule has 5 rings (SSSR count). The lowest BCUT2D eigenvalue weighted by atomic mass is 9.84. The zero-order valence-electron chi connectivity index (χ0n) is 28.5. The quantitative estimate of drug-likeness (QED) is 0.108. The van der Waals surface area contributed by atoms with Gasteiger partial charge in [-0.1, -0.05) is 55.3 Å². The van der Waals surface area contributed by atoms with Crippen LogP contribution in [0.4, 0.5) is 0 Å². The number of ether oxygens (including phenoxy) is 1. The number of pyridine rings is 1. The highest BCUT2D eigenvalue weighted by Crippen LogP contribution is 2.55. The molecule has 0 aliphatic heterocycles. The van der Waals surface area contributed by atoms with E-state index in [0.717, 1.165) is 73.3 Å². The topological polar surface area (TPSA) is 144 Å². The second kappa shape index (κ2) is 16.8. The maximum atomic E-state index is 12.6. The fourth-order valence-corrected chi connectivity index (χ4v) is 6.83. The van der Waals surface area contributed by atoms with Crippen LogP contribution in [0.2, 0.25) is 5.02 Å². The number of carbonyl (C=O) groups is 1. The first-order valence-corrected chi connectivity index (χ1v) is 18.0. The van der Waals surface area contributed by atoms with Crippen LogP contribution in [-0.4, -0.2) is 92.0 Å². The predicted molar refractivity (Wildman–Crippen MR) is 190 cm³/mol. The maximum Gasteiger partial charge on any atom is 0.222 e. The summed E-state index contributed by atoms with van der Waals surface area (Å²) in [5.74, 6) is 1.04. The Morgan fingerprint density at radius 2 is 1.76 bits per heavy atom. The highest BCUT2D eigenvalue weighted by Gasteiger charge is 2.45. The van der Waals surface area contributed by atoms with Gasteiger partial charge in [0, 0.05) is 43.0 Å². The number of likely N-dealkylation sites (N-methyl/N-ethyl adjacent to an activating group) is 1. The van der Waals surface area contributed by atoms with Crippen LogP contribution in [0.15, 0.2) is 60.9 Å². The Morgan fingerprint density at radius 1 is 1.02 bits per heavy atom. The first-order chi connectivity index (χ1) is 23.5. The number of amides is 1. The number of halogens is 1. The zero-order valence-corrected chi connectivity index (χ0v) is 29.3. The van der Waals surface area contributed by atoms with Crippen molar-refractivity contribution in [2.75, 3.05) is 20.2 Å². The third-order valence-electron chi connectivity index (χ3n) is 10.2. The largest absolute Gasteiger partial charge is 0.490 e. The van der Waals surface area contributed by atoms with E-state index in [1.165, 1.54) is 28.6 Å². The average Bonchev–Trinajstić information content (AvgIpc) is 4.06. The van der Waals surface area contributed by atoms with Gasteiger partial charge in [-0.3, -0.25) is 9.78 Å². The fourth-order valence-electron chi connectivity index (χ4n) is 6.62. The number of hydrogen-bond acceptors (Lipinski definition) is 8. The Balaban J connectivity index is 1.13. The van der Waals surface area contributed by atoms with E-state index in [1.807, 2.05) is 24.5 Å². The number of aliphatic hydroxyl groups excluding tert-OH is 5. The summed E-state index contributed by atoms with van der Waals surface area (Å²) in [5, 5.41) is 49.3. The maximum absolute atomic E-state index is 12.6. The van der Waals surface area contributed by atoms with E-state index in [2.05, 4.69) is 48.3 Å². The van der Waals surface area contributed by atoms with Crippen LogP contribution < -0.4 is 4.74 Å². The molecule has 1 aromatic heterocycles. The third kappa shape index (κ3) is 9.60. The Bertz CT molecular complexity index is 1550. The summed E-state index contributed by atoms with van der Waals surface area (Å²) in [6, 6.07) is 16.8. The van der Waals surface area contributed by atoms with Crippen molar-refractivity contribution >= 4 is 17.5 Å². The van der Waals surface area contributed by atoms with E-state index in [0.29, 0.717) is 12.5 Å². The van der Waals surface area contributed by atoms with Gasteiger partial charge in [-0.25, -0.2) is 0 Å². The van der Waals surface area contributed by atoms with E-state index < -0.39 is 31.0 Å². The predicted octanol–water partition coefficient (Wildman–Crippen LogP) is 5.17. The second-order valence-electron chi connectivity index (χ2n) is 14.1. The Labute approximate surface area is 294 Å². The molecule has 2 fully saturated rings. The molecule has 2 aromatic carbocycles. The van der Waals surface area contributed by atoms with Gasteiger partial charge in [0.2, 0.25) is 5.91 Å². The number of aromatic nitrogens is 1. The number of aryl methyl sites for hydroxylation is 1. The van der Waals surface area contributed by atoms with Crippen LogP contribution >= 0.6 is 11.6 Å². The number of nitrogens with zero attached hydrogens (tertiary/aromatic N) is 2. The van der Waals surface area contributed by atoms with Gasteiger partial charge < -0.3 is 35.2 Å². The number of carbonyl (C=O) groups excluding carboxylic acids is 1. The van der Waals surface area contributed by atoms with Gasteiger partial charge in [-0.15, -0.1) is 0 Å². The van der Waals surface area contributed by atoms with Gasteiger partial charge in [0.05, 0.1) is 12.7 Å². The van der Waals surface area contributed by atoms with Crippen molar-refractivity contribution in [1.82, 2.24) is 9.88 Å². The molecular weight excluding hydrogens is 644 g/mol. The van der Waals surface area contributed by atoms with Crippen molar-refractivity contribution in [3.8, 4) is 16.9 Å². The molecule has 0 bridgehead atoms. The molecule has 49 heavy (non-hydrogen) atoms. The normalized spacial score (nSPS) is 18.3. The number of aliphatic hydroxyl groups is 5. The van der Waals surface area contributed by atoms with Crippen molar-refractivity contribution in [2.45, 2.75) is 113 Å². The molecule has 10 heteroatoms. The molecule has 0 spiro atoms. The second-order valence-corrected chi connectivity index (χ2v) is 14.5. The summed E-state index contributed by atoms with van der Waals surface area (Å²) in [7, 11) is 1.52. The minimum atomic E-state index is -1.72. The number of unbranched alkanes of at least 4 members (excludes halogenated alkanes) is 1. The van der Waals surface area contributed by atoms with Gasteiger partial charge in [-0.2, -0.15) is 0 Å². The van der Waals surface area contributed by atoms with Gasteiger partial charge >= 0.3 is 0 Å². The van der Waals surface area contributed by atoms with Gasteiger partial charge in [0.1, 0.15) is 30.2 Å². The van der Waals surface area contributed by atoms with Crippen molar-refractivity contribution in [3.63, 3.8) is 0 Å². The monoisotopic (exact) mass is 694 g/mol. The molecule has 266 valence electrons. The molecule has 2 aliphatic carbocycles. The molecule has 9 nitrogen and oxygen atoms in total. The van der Waals surface area contributed by atoms with E-state index in [1.54, 1.807) is 0 Å². The first-order valence-electron chi connectivity index (χ1n) is 17.6. The van der Waals surface area contributed by atoms with Crippen LogP contribution in [-0.2, 0) is 16.6 Å². The minimum absolute atomic E-state index is 0.0650. The molecule has 0 radical (unpaired) electrons. The Hall–Kier alpha value is -3.05. The van der Waals surface area contributed by atoms with E-state index in [4.69, 9.17) is 21.4 Å². The number of benzene rings is 2. The summed E-state index contributed by atoms with van der Waals surface area (Å²) < 4.78 is 6.28. The third-order valence-corrected chi connectivity index (χ3v) is 10.6. The smallest absolute Gasteiger partial charge is 0.222 e. The summed E-state index contributed by atoms with van der Waals surface area (Å²) in [6.07, 6.45) is 6.78. The average molecular weight is 695 g/mol. The number of rotatable bonds is 19. The molecule has 2 saturated carbocycles. The van der Waals surface area contributed by atoms with E-state index in [-0.39, 0.29) is 30.2 Å². The molecule has 0 saturated heterocycles. The lowest BCUT2D eigenvalue weighted by molar-refractivity contribution is -0.138. The highest BCUT2D eigenvalue weighted by molar-refractivity contribution is 6.31. The van der Waals surface area contributed by atoms with Crippen LogP contribution in [0.1, 0.15) is 87.3 Å². The van der Waals surface area contributed by atoms with Crippen LogP contribution in [0.5, 0.6) is 5.75 Å². The van der Waals surface area contributed by atoms with Crippen LogP contribution in [0.25, 0.3) is 11.1 Å². The van der Waals surface area contributed by atoms with Crippen molar-refractivity contribution in [2.24, 2.45) is 0 Å². The van der Waals surface area contributed by atoms with Crippen LogP contribution in [0.3, 0.4) is 0 Å². The molecule has 5 atom stereocenters. The molecule has 2 aliphatic rings. The lowest BCUT2D eigenvalue weighted by Gasteiger charge is -2.28. The molecule has 3 aromatic rings. The van der Waals surface area contributed by atoms with Crippen molar-refractivity contribution < 1.29 is 35.1 Å². The first kappa shape index (κ1) is 37.2. The summed E-state index contributed by atoms with van der Waals surface area (Å²) in [6.45, 7) is 1.23. The van der Waals surface area contributed by atoms with Gasteiger partial charge in [-0.05, 0) is 103 Å². The SMILES string of the molecule is CC(CCCCC(=O)N(C)C[C@H](O)[C@@H](O)[C@H](O)[C@H](O)CO)c1ccc(Cl)c(CCC2(c3cnccc3-c3ccccc3OC3CC3)CC2)c1. The summed E-state index contributed by atoms with van der Waals surface area (Å²) in [5.41, 5.74) is 6.05. The molecule has 1 unspecified atom stereocenters. The van der Waals surface area contributed by atoms with E-state index in [9.17, 15) is 25.2 Å². The van der Waals surface area contributed by atoms with Crippen molar-refractivity contribution in [1.29, 1.82) is 0 Å². The Morgan fingerprint density at radius 3 is 2.47 bits per heavy atom. The summed E-state index contributed by atoms with van der Waals surface area (Å²) in [4.78, 5) is 18.5. The fraction of sp³-hybridized carbons (Fsp3) is 0.538. The minimum Gasteiger partial charge on any atom is -0.490 e. The summed E-state index contributed by atoms with van der Waals surface area (Å²) >= 11 is 6.74. The number of hydrogen-bond donors (Lipinski definition) is 5. The van der Waals surface area contributed by atoms with Crippen LogP contribution in [0, 0.1) is 0 Å². The lowest BCUT2D eigenvalue weighted by Crippen LogP contribution is -2.49. The standard InChI is InChI=1S/C39H51ClN2O7/c1-25(7-3-6-10-36(46)42(2)23-33(44)37(47)38(48)34(45)24-43)26-11-14-32(40)27(21-26)15-17-39(18-19-39)31-22-41-20-16-29(31)30-8-4-5-9-35(30)49-28-12-13-28/h4-5,8-9,11,14,16,20-22,25,28,33-34,37-38,43-45,47-48H,3,6-7,10,12-13,15,17-19,23-24H2,1-2H3/t25?,33-,34+,37+,38+/m0/s1. The Kier molecular flexibility index (Phi) is 12.7. The van der Waals surface area contributed by atoms with Gasteiger partial charge in [0.15, 0.2) is 0 Å². The number of para-hydroxylation sites is 1. The van der Waals surface area contributed by atoms with E-state index >= 15 is 0 Å². The zero-order chi connectivity index (χ0) is 35.1. The van der Waals surface area contributed by atoms with Gasteiger partial charge in [0.25, 0.3) is 0 Å². The molecule has 1 amide bonds. The molecule has 5 N–H and O–H groups in total. The molecular formula is C39H51ClN2O7.